The van der Waals surface area contributed by atoms with Gasteiger partial charge in [-0.2, -0.15) is 0 Å². The van der Waals surface area contributed by atoms with Crippen molar-refractivity contribution >= 4 is 11.8 Å². The molecule has 66 valence electrons. The average molecular weight is 182 g/mol. The fourth-order valence-electron chi connectivity index (χ4n) is 1.06. The summed E-state index contributed by atoms with van der Waals surface area (Å²) in [6.07, 6.45) is 0. The first-order valence-electron chi connectivity index (χ1n) is 4.05. The van der Waals surface area contributed by atoms with Gasteiger partial charge >= 0.3 is 0 Å². The Hall–Kier alpha value is -0.630. The van der Waals surface area contributed by atoms with Gasteiger partial charge in [0.05, 0.1) is 7.11 Å². The lowest BCUT2D eigenvalue weighted by Crippen LogP contribution is -1.86. The molecule has 0 unspecified atom stereocenters. The lowest BCUT2D eigenvalue weighted by Gasteiger charge is -2.05. The van der Waals surface area contributed by atoms with E-state index >= 15 is 0 Å². The van der Waals surface area contributed by atoms with Gasteiger partial charge in [-0.15, -0.1) is 11.8 Å². The van der Waals surface area contributed by atoms with Gasteiger partial charge in [-0.1, -0.05) is 13.0 Å². The van der Waals surface area contributed by atoms with Crippen LogP contribution in [0.3, 0.4) is 0 Å². The van der Waals surface area contributed by atoms with Crippen molar-refractivity contribution in [3.63, 3.8) is 0 Å². The number of hydrogen-bond donors (Lipinski definition) is 0. The summed E-state index contributed by atoms with van der Waals surface area (Å²) in [6.45, 7) is 4.20. The third-order valence-corrected chi connectivity index (χ3v) is 2.57. The molecule has 0 radical (unpaired) electrons. The van der Waals surface area contributed by atoms with Crippen molar-refractivity contribution in [3.8, 4) is 5.75 Å². The van der Waals surface area contributed by atoms with E-state index in [4.69, 9.17) is 4.74 Å². The Labute approximate surface area is 78.1 Å². The smallest absolute Gasteiger partial charge is 0.122 e. The van der Waals surface area contributed by atoms with Crippen molar-refractivity contribution in [3.05, 3.63) is 23.8 Å². The maximum Gasteiger partial charge on any atom is 0.122 e. The Morgan fingerprint density at radius 1 is 1.42 bits per heavy atom. The summed E-state index contributed by atoms with van der Waals surface area (Å²) in [5.41, 5.74) is 1.19. The predicted molar refractivity (Wildman–Crippen MR) is 54.1 cm³/mol. The topological polar surface area (TPSA) is 9.23 Å². The van der Waals surface area contributed by atoms with Crippen LogP contribution in [0.4, 0.5) is 0 Å². The Bertz CT molecular complexity index is 258. The summed E-state index contributed by atoms with van der Waals surface area (Å²) in [4.78, 5) is 1.28. The van der Waals surface area contributed by atoms with E-state index in [1.165, 1.54) is 10.5 Å². The van der Waals surface area contributed by atoms with Crippen molar-refractivity contribution < 1.29 is 4.74 Å². The SMILES string of the molecule is CCSc1ccc(C)c(OC)c1. The first-order valence-corrected chi connectivity index (χ1v) is 5.04. The fraction of sp³-hybridized carbons (Fsp3) is 0.400. The highest BCUT2D eigenvalue weighted by Crippen LogP contribution is 2.25. The number of rotatable bonds is 3. The van der Waals surface area contributed by atoms with E-state index in [0.29, 0.717) is 0 Å². The summed E-state index contributed by atoms with van der Waals surface area (Å²) < 4.78 is 5.22. The van der Waals surface area contributed by atoms with E-state index in [2.05, 4.69) is 32.0 Å². The van der Waals surface area contributed by atoms with Crippen LogP contribution in [0.25, 0.3) is 0 Å². The van der Waals surface area contributed by atoms with Gasteiger partial charge < -0.3 is 4.74 Å². The van der Waals surface area contributed by atoms with Crippen LogP contribution in [0.1, 0.15) is 12.5 Å². The van der Waals surface area contributed by atoms with Crippen molar-refractivity contribution in [1.82, 2.24) is 0 Å². The number of aryl methyl sites for hydroxylation is 1. The highest BCUT2D eigenvalue weighted by molar-refractivity contribution is 7.99. The zero-order valence-corrected chi connectivity index (χ0v) is 8.57. The second kappa shape index (κ2) is 4.41. The van der Waals surface area contributed by atoms with E-state index in [-0.39, 0.29) is 0 Å². The standard InChI is InChI=1S/C10H14OS/c1-4-12-9-6-5-8(2)10(7-9)11-3/h5-7H,4H2,1-3H3. The third kappa shape index (κ3) is 2.18. The van der Waals surface area contributed by atoms with Gasteiger partial charge in [0.2, 0.25) is 0 Å². The lowest BCUT2D eigenvalue weighted by atomic mass is 10.2. The molecule has 0 atom stereocenters. The molecule has 0 aliphatic rings. The van der Waals surface area contributed by atoms with E-state index in [9.17, 15) is 0 Å². The first-order chi connectivity index (χ1) is 5.77. The summed E-state index contributed by atoms with van der Waals surface area (Å²) >= 11 is 1.83. The molecule has 0 spiro atoms. The molecule has 0 aliphatic carbocycles. The predicted octanol–water partition coefficient (Wildman–Crippen LogP) is 3.12. The van der Waals surface area contributed by atoms with Gasteiger partial charge in [0.25, 0.3) is 0 Å². The van der Waals surface area contributed by atoms with Gasteiger partial charge in [0, 0.05) is 4.90 Å². The molecule has 0 amide bonds. The minimum absolute atomic E-state index is 0.980. The van der Waals surface area contributed by atoms with Crippen LogP contribution in [-0.2, 0) is 0 Å². The summed E-state index contributed by atoms with van der Waals surface area (Å²) in [7, 11) is 1.71. The van der Waals surface area contributed by atoms with Crippen molar-refractivity contribution in [1.29, 1.82) is 0 Å². The monoisotopic (exact) mass is 182 g/mol. The summed E-state index contributed by atoms with van der Waals surface area (Å²) in [5, 5.41) is 0. The molecular formula is C10H14OS. The Kier molecular flexibility index (Phi) is 3.48. The van der Waals surface area contributed by atoms with Crippen molar-refractivity contribution in [2.75, 3.05) is 12.9 Å². The van der Waals surface area contributed by atoms with Gasteiger partial charge in [-0.25, -0.2) is 0 Å². The molecule has 0 saturated heterocycles. The van der Waals surface area contributed by atoms with E-state index in [0.717, 1.165) is 11.5 Å². The number of ether oxygens (including phenoxy) is 1. The highest BCUT2D eigenvalue weighted by Gasteiger charge is 1.98. The molecular weight excluding hydrogens is 168 g/mol. The highest BCUT2D eigenvalue weighted by atomic mass is 32.2. The quantitative estimate of drug-likeness (QED) is 0.664. The van der Waals surface area contributed by atoms with Crippen LogP contribution in [0.5, 0.6) is 5.75 Å². The maximum absolute atomic E-state index is 5.22. The largest absolute Gasteiger partial charge is 0.496 e. The van der Waals surface area contributed by atoms with Crippen LogP contribution < -0.4 is 4.74 Å². The molecule has 1 rings (SSSR count). The molecule has 1 aromatic rings. The number of benzene rings is 1. The molecule has 1 aromatic carbocycles. The molecule has 0 aromatic heterocycles. The molecule has 0 saturated carbocycles. The minimum Gasteiger partial charge on any atom is -0.496 e. The average Bonchev–Trinajstić information content (AvgIpc) is 2.09. The molecule has 1 nitrogen and oxygen atoms in total. The van der Waals surface area contributed by atoms with Gasteiger partial charge in [-0.05, 0) is 30.4 Å². The van der Waals surface area contributed by atoms with Crippen LogP contribution in [-0.4, -0.2) is 12.9 Å². The summed E-state index contributed by atoms with van der Waals surface area (Å²) in [5.74, 6) is 2.08. The molecule has 0 aliphatic heterocycles. The maximum atomic E-state index is 5.22. The Morgan fingerprint density at radius 2 is 2.17 bits per heavy atom. The number of methoxy groups -OCH3 is 1. The Balaban J connectivity index is 2.89. The fourth-order valence-corrected chi connectivity index (χ4v) is 1.74. The van der Waals surface area contributed by atoms with E-state index < -0.39 is 0 Å². The van der Waals surface area contributed by atoms with Crippen molar-refractivity contribution in [2.45, 2.75) is 18.7 Å². The van der Waals surface area contributed by atoms with E-state index in [1.54, 1.807) is 7.11 Å². The lowest BCUT2D eigenvalue weighted by molar-refractivity contribution is 0.410. The molecule has 12 heavy (non-hydrogen) atoms. The molecule has 0 fully saturated rings. The van der Waals surface area contributed by atoms with E-state index in [1.807, 2.05) is 11.8 Å². The second-order valence-corrected chi connectivity index (χ2v) is 3.90. The van der Waals surface area contributed by atoms with Gasteiger partial charge in [0.1, 0.15) is 5.75 Å². The summed E-state index contributed by atoms with van der Waals surface area (Å²) in [6, 6.07) is 6.31. The minimum atomic E-state index is 0.980. The van der Waals surface area contributed by atoms with Gasteiger partial charge in [0.15, 0.2) is 0 Å². The normalized spacial score (nSPS) is 9.92. The van der Waals surface area contributed by atoms with Gasteiger partial charge in [-0.3, -0.25) is 0 Å². The molecule has 0 N–H and O–H groups in total. The van der Waals surface area contributed by atoms with Crippen LogP contribution >= 0.6 is 11.8 Å². The second-order valence-electron chi connectivity index (χ2n) is 2.56. The molecule has 0 heterocycles. The zero-order chi connectivity index (χ0) is 8.97. The number of hydrogen-bond acceptors (Lipinski definition) is 2. The van der Waals surface area contributed by atoms with Crippen molar-refractivity contribution in [2.24, 2.45) is 0 Å². The van der Waals surface area contributed by atoms with Crippen LogP contribution in [0.15, 0.2) is 23.1 Å². The Morgan fingerprint density at radius 3 is 2.75 bits per heavy atom. The van der Waals surface area contributed by atoms with Crippen LogP contribution in [0, 0.1) is 6.92 Å². The first kappa shape index (κ1) is 9.46. The molecule has 2 heteroatoms. The number of thioether (sulfide) groups is 1. The third-order valence-electron chi connectivity index (χ3n) is 1.69. The zero-order valence-electron chi connectivity index (χ0n) is 7.76. The van der Waals surface area contributed by atoms with Crippen LogP contribution in [0.2, 0.25) is 0 Å². The molecule has 0 bridgehead atoms.